The van der Waals surface area contributed by atoms with Crippen molar-refractivity contribution in [2.75, 3.05) is 13.1 Å². The molecule has 0 saturated carbocycles. The molecule has 0 aliphatic carbocycles. The molecule has 22 heavy (non-hydrogen) atoms. The Balaban J connectivity index is 1.73. The van der Waals surface area contributed by atoms with Crippen LogP contribution in [-0.2, 0) is 16.6 Å². The third kappa shape index (κ3) is 2.80. The van der Waals surface area contributed by atoms with Gasteiger partial charge in [-0.25, -0.2) is 13.4 Å². The lowest BCUT2D eigenvalue weighted by molar-refractivity contribution is 0.423. The minimum absolute atomic E-state index is 0.338. The molecule has 0 N–H and O–H groups in total. The van der Waals surface area contributed by atoms with Crippen LogP contribution < -0.4 is 0 Å². The van der Waals surface area contributed by atoms with Gasteiger partial charge in [0.15, 0.2) is 0 Å². The fourth-order valence-electron chi connectivity index (χ4n) is 3.02. The fourth-order valence-corrected chi connectivity index (χ4v) is 4.57. The van der Waals surface area contributed by atoms with Crippen LogP contribution in [0.1, 0.15) is 17.9 Å². The molecule has 0 radical (unpaired) electrons. The van der Waals surface area contributed by atoms with Crippen molar-refractivity contribution in [1.82, 2.24) is 13.9 Å². The standard InChI is InChI=1S/C16H21N3O2S/c1-13-10-17-14(2)19(13)12-15-8-9-18(11-15)22(20,21)16-6-4-3-5-7-16/h3-7,10,15H,8-9,11-12H2,1-2H3. The van der Waals surface area contributed by atoms with E-state index in [9.17, 15) is 8.42 Å². The largest absolute Gasteiger partial charge is 0.332 e. The summed E-state index contributed by atoms with van der Waals surface area (Å²) in [5, 5.41) is 0. The smallest absolute Gasteiger partial charge is 0.243 e. The van der Waals surface area contributed by atoms with Crippen LogP contribution in [0.25, 0.3) is 0 Å². The number of rotatable bonds is 4. The molecular weight excluding hydrogens is 298 g/mol. The summed E-state index contributed by atoms with van der Waals surface area (Å²) in [5.74, 6) is 1.33. The SMILES string of the molecule is Cc1cnc(C)n1CC1CCN(S(=O)(=O)c2ccccc2)C1. The third-order valence-corrected chi connectivity index (χ3v) is 6.20. The lowest BCUT2D eigenvalue weighted by Crippen LogP contribution is -2.29. The molecule has 2 aromatic rings. The van der Waals surface area contributed by atoms with Crippen molar-refractivity contribution in [2.45, 2.75) is 31.7 Å². The van der Waals surface area contributed by atoms with Crippen molar-refractivity contribution in [3.63, 3.8) is 0 Å². The van der Waals surface area contributed by atoms with Gasteiger partial charge in [0.05, 0.1) is 4.90 Å². The number of hydrogen-bond donors (Lipinski definition) is 0. The van der Waals surface area contributed by atoms with Gasteiger partial charge in [-0.2, -0.15) is 4.31 Å². The highest BCUT2D eigenvalue weighted by Gasteiger charge is 2.32. The van der Waals surface area contributed by atoms with Crippen LogP contribution in [0.3, 0.4) is 0 Å². The number of imidazole rings is 1. The Labute approximate surface area is 131 Å². The molecule has 1 saturated heterocycles. The van der Waals surface area contributed by atoms with E-state index in [4.69, 9.17) is 0 Å². The van der Waals surface area contributed by atoms with E-state index in [1.807, 2.05) is 26.1 Å². The number of sulfonamides is 1. The summed E-state index contributed by atoms with van der Waals surface area (Å²) in [7, 11) is -3.36. The Morgan fingerprint density at radius 3 is 2.59 bits per heavy atom. The summed E-state index contributed by atoms with van der Waals surface area (Å²) in [6, 6.07) is 8.67. The zero-order chi connectivity index (χ0) is 15.7. The molecule has 1 atom stereocenters. The van der Waals surface area contributed by atoms with E-state index in [1.165, 1.54) is 0 Å². The predicted octanol–water partition coefficient (Wildman–Crippen LogP) is 2.21. The van der Waals surface area contributed by atoms with Crippen LogP contribution in [0.15, 0.2) is 41.4 Å². The van der Waals surface area contributed by atoms with Crippen molar-refractivity contribution in [3.8, 4) is 0 Å². The van der Waals surface area contributed by atoms with Crippen molar-refractivity contribution < 1.29 is 8.42 Å². The van der Waals surface area contributed by atoms with Gasteiger partial charge in [0, 0.05) is 31.5 Å². The minimum Gasteiger partial charge on any atom is -0.332 e. The molecule has 0 bridgehead atoms. The Hall–Kier alpha value is -1.66. The van der Waals surface area contributed by atoms with Crippen molar-refractivity contribution >= 4 is 10.0 Å². The highest BCUT2D eigenvalue weighted by molar-refractivity contribution is 7.89. The third-order valence-electron chi connectivity index (χ3n) is 4.32. The monoisotopic (exact) mass is 319 g/mol. The molecule has 0 amide bonds. The van der Waals surface area contributed by atoms with E-state index in [-0.39, 0.29) is 0 Å². The summed E-state index contributed by atoms with van der Waals surface area (Å²) >= 11 is 0. The first-order valence-corrected chi connectivity index (χ1v) is 8.96. The maximum absolute atomic E-state index is 12.6. The summed E-state index contributed by atoms with van der Waals surface area (Å²) in [6.07, 6.45) is 2.76. The lowest BCUT2D eigenvalue weighted by atomic mass is 10.1. The average Bonchev–Trinajstić information content (AvgIpc) is 3.11. The molecule has 0 spiro atoms. The minimum atomic E-state index is -3.36. The van der Waals surface area contributed by atoms with Crippen LogP contribution in [0.4, 0.5) is 0 Å². The summed E-state index contributed by atoms with van der Waals surface area (Å²) in [6.45, 7) is 6.02. The molecule has 1 aromatic heterocycles. The number of aryl methyl sites for hydroxylation is 2. The molecule has 2 heterocycles. The Morgan fingerprint density at radius 2 is 1.95 bits per heavy atom. The zero-order valence-corrected chi connectivity index (χ0v) is 13.8. The van der Waals surface area contributed by atoms with Gasteiger partial charge < -0.3 is 4.57 Å². The normalized spacial score (nSPS) is 19.6. The molecule has 3 rings (SSSR count). The van der Waals surface area contributed by atoms with E-state index in [2.05, 4.69) is 9.55 Å². The molecule has 118 valence electrons. The number of benzene rings is 1. The molecule has 1 unspecified atom stereocenters. The molecule has 5 nitrogen and oxygen atoms in total. The van der Waals surface area contributed by atoms with Gasteiger partial charge in [-0.3, -0.25) is 0 Å². The highest BCUT2D eigenvalue weighted by atomic mass is 32.2. The van der Waals surface area contributed by atoms with E-state index < -0.39 is 10.0 Å². The van der Waals surface area contributed by atoms with Gasteiger partial charge in [-0.1, -0.05) is 18.2 Å². The van der Waals surface area contributed by atoms with Gasteiger partial charge in [-0.15, -0.1) is 0 Å². The predicted molar refractivity (Wildman–Crippen MR) is 85.0 cm³/mol. The topological polar surface area (TPSA) is 55.2 Å². The van der Waals surface area contributed by atoms with Gasteiger partial charge in [0.2, 0.25) is 10.0 Å². The number of hydrogen-bond acceptors (Lipinski definition) is 3. The van der Waals surface area contributed by atoms with Crippen LogP contribution in [0.5, 0.6) is 0 Å². The van der Waals surface area contributed by atoms with Crippen LogP contribution in [0, 0.1) is 19.8 Å². The Kier molecular flexibility index (Phi) is 4.06. The maximum atomic E-state index is 12.6. The van der Waals surface area contributed by atoms with Gasteiger partial charge in [-0.05, 0) is 38.3 Å². The molecular formula is C16H21N3O2S. The molecule has 1 aromatic carbocycles. The molecule has 1 aliphatic rings. The second-order valence-electron chi connectivity index (χ2n) is 5.89. The van der Waals surface area contributed by atoms with Crippen LogP contribution >= 0.6 is 0 Å². The van der Waals surface area contributed by atoms with Crippen molar-refractivity contribution in [2.24, 2.45) is 5.92 Å². The van der Waals surface area contributed by atoms with E-state index in [0.717, 1.165) is 24.5 Å². The maximum Gasteiger partial charge on any atom is 0.243 e. The summed E-state index contributed by atoms with van der Waals surface area (Å²) in [4.78, 5) is 4.68. The summed E-state index contributed by atoms with van der Waals surface area (Å²) in [5.41, 5.74) is 1.13. The first kappa shape index (κ1) is 15.2. The van der Waals surface area contributed by atoms with Crippen molar-refractivity contribution in [1.29, 1.82) is 0 Å². The second kappa shape index (κ2) is 5.85. The summed E-state index contributed by atoms with van der Waals surface area (Å²) < 4.78 is 29.0. The second-order valence-corrected chi connectivity index (χ2v) is 7.83. The van der Waals surface area contributed by atoms with E-state index >= 15 is 0 Å². The van der Waals surface area contributed by atoms with Crippen LogP contribution in [-0.4, -0.2) is 35.4 Å². The first-order chi connectivity index (χ1) is 10.5. The highest BCUT2D eigenvalue weighted by Crippen LogP contribution is 2.25. The van der Waals surface area contributed by atoms with E-state index in [1.54, 1.807) is 28.6 Å². The van der Waals surface area contributed by atoms with Gasteiger partial charge >= 0.3 is 0 Å². The Morgan fingerprint density at radius 1 is 1.23 bits per heavy atom. The molecule has 1 aliphatic heterocycles. The number of nitrogens with zero attached hydrogens (tertiary/aromatic N) is 3. The zero-order valence-electron chi connectivity index (χ0n) is 12.9. The Bertz CT molecular complexity index is 733. The fraction of sp³-hybridized carbons (Fsp3) is 0.438. The molecule has 1 fully saturated rings. The molecule has 6 heteroatoms. The van der Waals surface area contributed by atoms with Crippen LogP contribution in [0.2, 0.25) is 0 Å². The van der Waals surface area contributed by atoms with E-state index in [0.29, 0.717) is 23.9 Å². The quantitative estimate of drug-likeness (QED) is 0.868. The van der Waals surface area contributed by atoms with Gasteiger partial charge in [0.25, 0.3) is 0 Å². The van der Waals surface area contributed by atoms with Gasteiger partial charge in [0.1, 0.15) is 5.82 Å². The average molecular weight is 319 g/mol. The lowest BCUT2D eigenvalue weighted by Gasteiger charge is -2.17. The van der Waals surface area contributed by atoms with Crippen molar-refractivity contribution in [3.05, 3.63) is 48.0 Å². The first-order valence-electron chi connectivity index (χ1n) is 7.52. The number of aromatic nitrogens is 2.